The lowest BCUT2D eigenvalue weighted by Crippen LogP contribution is -2.19. The normalized spacial score (nSPS) is 16.9. The Balaban J connectivity index is 1.94. The molecule has 2 aromatic heterocycles. The minimum Gasteiger partial charge on any atom is -0.365 e. The van der Waals surface area contributed by atoms with Gasteiger partial charge in [-0.05, 0) is 42.9 Å². The second-order valence-corrected chi connectivity index (χ2v) is 6.72. The Bertz CT molecular complexity index is 724. The topological polar surface area (TPSA) is 85.1 Å². The van der Waals surface area contributed by atoms with Crippen LogP contribution in [0.3, 0.4) is 0 Å². The molecular formula is C16H17N3O2S. The highest BCUT2D eigenvalue weighted by molar-refractivity contribution is 7.17. The average molecular weight is 315 g/mol. The maximum absolute atomic E-state index is 12.3. The molecule has 2 aromatic rings. The zero-order chi connectivity index (χ0) is 15.7. The molecule has 6 heteroatoms. The van der Waals surface area contributed by atoms with E-state index in [1.807, 2.05) is 0 Å². The summed E-state index contributed by atoms with van der Waals surface area (Å²) >= 11 is 1.46. The molecule has 0 saturated carbocycles. The van der Waals surface area contributed by atoms with E-state index in [0.717, 1.165) is 29.7 Å². The fourth-order valence-electron chi connectivity index (χ4n) is 2.77. The van der Waals surface area contributed by atoms with Gasteiger partial charge in [0.2, 0.25) is 0 Å². The molecule has 3 rings (SSSR count). The number of hydrogen-bond donors (Lipinski definition) is 2. The molecule has 2 heterocycles. The molecule has 2 amide bonds. The van der Waals surface area contributed by atoms with E-state index >= 15 is 0 Å². The van der Waals surface area contributed by atoms with Crippen molar-refractivity contribution in [2.45, 2.75) is 26.2 Å². The van der Waals surface area contributed by atoms with Crippen molar-refractivity contribution >= 4 is 28.2 Å². The van der Waals surface area contributed by atoms with Crippen LogP contribution >= 0.6 is 11.3 Å². The third-order valence-corrected chi connectivity index (χ3v) is 5.08. The number of nitrogens with two attached hydrogens (primary N) is 1. The number of carbonyl (C=O) groups excluding carboxylic acids is 2. The van der Waals surface area contributed by atoms with Gasteiger partial charge in [-0.1, -0.05) is 6.92 Å². The van der Waals surface area contributed by atoms with Gasteiger partial charge in [-0.15, -0.1) is 11.3 Å². The van der Waals surface area contributed by atoms with Crippen LogP contribution in [-0.2, 0) is 12.8 Å². The number of rotatable bonds is 3. The van der Waals surface area contributed by atoms with E-state index in [-0.39, 0.29) is 5.91 Å². The summed E-state index contributed by atoms with van der Waals surface area (Å²) in [6.07, 6.45) is 5.92. The Labute approximate surface area is 132 Å². The Morgan fingerprint density at radius 1 is 1.45 bits per heavy atom. The summed E-state index contributed by atoms with van der Waals surface area (Å²) in [5.41, 5.74) is 7.48. The van der Waals surface area contributed by atoms with Gasteiger partial charge in [-0.2, -0.15) is 0 Å². The highest BCUT2D eigenvalue weighted by Crippen LogP contribution is 2.39. The molecule has 0 radical (unpaired) electrons. The quantitative estimate of drug-likeness (QED) is 0.913. The van der Waals surface area contributed by atoms with Crippen molar-refractivity contribution < 1.29 is 9.59 Å². The smallest absolute Gasteiger partial charge is 0.257 e. The molecule has 0 bridgehead atoms. The van der Waals surface area contributed by atoms with Crippen LogP contribution in [0.15, 0.2) is 24.5 Å². The lowest BCUT2D eigenvalue weighted by molar-refractivity contribution is 0.1000. The Hall–Kier alpha value is -2.21. The standard InChI is InChI=1S/C16H17N3O2S/c1-9-4-5-11-12(7-9)22-16(13(11)14(17)20)19-15(21)10-3-2-6-18-8-10/h2-3,6,8-9H,4-5,7H2,1H3,(H2,17,20)(H,19,21)/t9-/m0/s1. The molecule has 0 spiro atoms. The molecule has 3 N–H and O–H groups in total. The molecule has 0 unspecified atom stereocenters. The first-order valence-electron chi connectivity index (χ1n) is 7.22. The highest BCUT2D eigenvalue weighted by Gasteiger charge is 2.27. The van der Waals surface area contributed by atoms with Crippen LogP contribution in [0.4, 0.5) is 5.00 Å². The zero-order valence-corrected chi connectivity index (χ0v) is 13.1. The summed E-state index contributed by atoms with van der Waals surface area (Å²) < 4.78 is 0. The van der Waals surface area contributed by atoms with Crippen LogP contribution in [0.5, 0.6) is 0 Å². The van der Waals surface area contributed by atoms with Crippen molar-refractivity contribution in [3.63, 3.8) is 0 Å². The zero-order valence-electron chi connectivity index (χ0n) is 12.3. The SMILES string of the molecule is C[C@H]1CCc2c(sc(NC(=O)c3cccnc3)c2C(N)=O)C1. The van der Waals surface area contributed by atoms with Gasteiger partial charge in [0, 0.05) is 17.3 Å². The molecule has 22 heavy (non-hydrogen) atoms. The Morgan fingerprint density at radius 3 is 2.95 bits per heavy atom. The number of primary amides is 1. The van der Waals surface area contributed by atoms with E-state index in [9.17, 15) is 9.59 Å². The van der Waals surface area contributed by atoms with Crippen molar-refractivity contribution in [1.82, 2.24) is 4.98 Å². The number of aromatic nitrogens is 1. The monoisotopic (exact) mass is 315 g/mol. The van der Waals surface area contributed by atoms with E-state index in [2.05, 4.69) is 17.2 Å². The molecule has 0 aromatic carbocycles. The highest BCUT2D eigenvalue weighted by atomic mass is 32.1. The first kappa shape index (κ1) is 14.7. The number of carbonyl (C=O) groups is 2. The molecule has 0 aliphatic heterocycles. The van der Waals surface area contributed by atoms with Gasteiger partial charge in [0.15, 0.2) is 0 Å². The van der Waals surface area contributed by atoms with Crippen LogP contribution in [0, 0.1) is 5.92 Å². The minimum atomic E-state index is -0.478. The number of amides is 2. The summed E-state index contributed by atoms with van der Waals surface area (Å²) in [5.74, 6) is -0.162. The van der Waals surface area contributed by atoms with Crippen molar-refractivity contribution in [3.05, 3.63) is 46.1 Å². The number of fused-ring (bicyclic) bond motifs is 1. The van der Waals surface area contributed by atoms with Crippen molar-refractivity contribution in [3.8, 4) is 0 Å². The van der Waals surface area contributed by atoms with Gasteiger partial charge >= 0.3 is 0 Å². The van der Waals surface area contributed by atoms with Crippen LogP contribution in [0.1, 0.15) is 44.5 Å². The van der Waals surface area contributed by atoms with E-state index < -0.39 is 5.91 Å². The van der Waals surface area contributed by atoms with E-state index in [4.69, 9.17) is 5.73 Å². The summed E-state index contributed by atoms with van der Waals surface area (Å²) in [6.45, 7) is 2.19. The van der Waals surface area contributed by atoms with Crippen LogP contribution in [-0.4, -0.2) is 16.8 Å². The predicted molar refractivity (Wildman–Crippen MR) is 86.2 cm³/mol. The second-order valence-electron chi connectivity index (χ2n) is 5.62. The number of nitrogens with one attached hydrogen (secondary N) is 1. The lowest BCUT2D eigenvalue weighted by Gasteiger charge is -2.18. The average Bonchev–Trinajstić information content (AvgIpc) is 2.85. The molecular weight excluding hydrogens is 298 g/mol. The molecule has 0 saturated heterocycles. The van der Waals surface area contributed by atoms with Gasteiger partial charge in [0.1, 0.15) is 5.00 Å². The number of pyridine rings is 1. The maximum atomic E-state index is 12.3. The van der Waals surface area contributed by atoms with Gasteiger partial charge in [0.25, 0.3) is 11.8 Å². The Morgan fingerprint density at radius 2 is 2.27 bits per heavy atom. The van der Waals surface area contributed by atoms with Crippen molar-refractivity contribution in [2.75, 3.05) is 5.32 Å². The third kappa shape index (κ3) is 2.74. The molecule has 1 aliphatic rings. The lowest BCUT2D eigenvalue weighted by atomic mass is 9.88. The van der Waals surface area contributed by atoms with Crippen LogP contribution in [0.25, 0.3) is 0 Å². The summed E-state index contributed by atoms with van der Waals surface area (Å²) in [4.78, 5) is 29.2. The predicted octanol–water partition coefficient (Wildman–Crippen LogP) is 2.62. The van der Waals surface area contributed by atoms with Gasteiger partial charge < -0.3 is 11.1 Å². The number of nitrogens with zero attached hydrogens (tertiary/aromatic N) is 1. The molecule has 1 atom stereocenters. The molecule has 1 aliphatic carbocycles. The third-order valence-electron chi connectivity index (χ3n) is 3.91. The molecule has 0 fully saturated rings. The number of anilines is 1. The van der Waals surface area contributed by atoms with E-state index in [1.54, 1.807) is 18.3 Å². The molecule has 5 nitrogen and oxygen atoms in total. The number of hydrogen-bond acceptors (Lipinski definition) is 4. The van der Waals surface area contributed by atoms with Crippen molar-refractivity contribution in [2.24, 2.45) is 11.7 Å². The number of thiophene rings is 1. The van der Waals surface area contributed by atoms with E-state index in [0.29, 0.717) is 22.0 Å². The Kier molecular flexibility index (Phi) is 3.94. The fourth-order valence-corrected chi connectivity index (χ4v) is 4.18. The minimum absolute atomic E-state index is 0.276. The van der Waals surface area contributed by atoms with Crippen LogP contribution in [0.2, 0.25) is 0 Å². The summed E-state index contributed by atoms with van der Waals surface area (Å²) in [6, 6.07) is 3.38. The summed E-state index contributed by atoms with van der Waals surface area (Å²) in [5, 5.41) is 3.37. The van der Waals surface area contributed by atoms with Crippen LogP contribution < -0.4 is 11.1 Å². The first-order valence-corrected chi connectivity index (χ1v) is 8.03. The van der Waals surface area contributed by atoms with E-state index in [1.165, 1.54) is 17.5 Å². The maximum Gasteiger partial charge on any atom is 0.257 e. The van der Waals surface area contributed by atoms with Gasteiger partial charge in [-0.3, -0.25) is 14.6 Å². The van der Waals surface area contributed by atoms with Gasteiger partial charge in [0.05, 0.1) is 11.1 Å². The van der Waals surface area contributed by atoms with Crippen molar-refractivity contribution in [1.29, 1.82) is 0 Å². The first-order chi connectivity index (χ1) is 10.6. The second kappa shape index (κ2) is 5.88. The van der Waals surface area contributed by atoms with Gasteiger partial charge in [-0.25, -0.2) is 0 Å². The largest absolute Gasteiger partial charge is 0.365 e. The fraction of sp³-hybridized carbons (Fsp3) is 0.312. The molecule has 114 valence electrons. The summed E-state index contributed by atoms with van der Waals surface area (Å²) in [7, 11) is 0.